The molecule has 0 spiro atoms. The van der Waals surface area contributed by atoms with Crippen LogP contribution in [0, 0.1) is 11.3 Å². The maximum absolute atomic E-state index is 12.7. The van der Waals surface area contributed by atoms with Gasteiger partial charge < -0.3 is 10.1 Å². The third kappa shape index (κ3) is 2.98. The van der Waals surface area contributed by atoms with Crippen molar-refractivity contribution in [1.82, 2.24) is 0 Å². The van der Waals surface area contributed by atoms with Crippen molar-refractivity contribution < 1.29 is 14.3 Å². The summed E-state index contributed by atoms with van der Waals surface area (Å²) in [5, 5.41) is 13.4. The highest BCUT2D eigenvalue weighted by Crippen LogP contribution is 2.38. The second kappa shape index (κ2) is 6.75. The van der Waals surface area contributed by atoms with Gasteiger partial charge in [-0.3, -0.25) is 4.79 Å². The molecule has 4 rings (SSSR count). The quantitative estimate of drug-likeness (QED) is 0.794. The Bertz CT molecular complexity index is 960. The van der Waals surface area contributed by atoms with E-state index in [4.69, 9.17) is 16.3 Å². The van der Waals surface area contributed by atoms with Crippen molar-refractivity contribution >= 4 is 39.8 Å². The SMILES string of the molecule is N#Cc1c(NC(=O)C2Cc3cc(Cl)ccc3C(=O)O2)sc2c1CCCC2. The molecule has 0 radical (unpaired) electrons. The van der Waals surface area contributed by atoms with E-state index in [2.05, 4.69) is 11.4 Å². The number of benzene rings is 1. The van der Waals surface area contributed by atoms with Gasteiger partial charge in [0, 0.05) is 16.3 Å². The van der Waals surface area contributed by atoms with Gasteiger partial charge in [0.25, 0.3) is 5.91 Å². The smallest absolute Gasteiger partial charge is 0.339 e. The maximum Gasteiger partial charge on any atom is 0.339 e. The van der Waals surface area contributed by atoms with Crippen LogP contribution in [-0.4, -0.2) is 18.0 Å². The standard InChI is InChI=1S/C19H15ClN2O3S/c20-11-5-6-12-10(7-11)8-15(25-19(12)24)17(23)22-18-14(9-21)13-3-1-2-4-16(13)26-18/h5-7,15H,1-4,8H2,(H,22,23). The van der Waals surface area contributed by atoms with Gasteiger partial charge in [0.1, 0.15) is 11.1 Å². The fourth-order valence-corrected chi connectivity index (χ4v) is 4.91. The van der Waals surface area contributed by atoms with Gasteiger partial charge in [0.15, 0.2) is 6.10 Å². The van der Waals surface area contributed by atoms with E-state index in [1.165, 1.54) is 16.2 Å². The maximum atomic E-state index is 12.7. The number of anilines is 1. The third-order valence-electron chi connectivity index (χ3n) is 4.75. The lowest BCUT2D eigenvalue weighted by Gasteiger charge is -2.23. The number of fused-ring (bicyclic) bond motifs is 2. The van der Waals surface area contributed by atoms with E-state index in [0.717, 1.165) is 31.2 Å². The topological polar surface area (TPSA) is 79.2 Å². The molecule has 0 bridgehead atoms. The van der Waals surface area contributed by atoms with Gasteiger partial charge in [0.05, 0.1) is 11.1 Å². The molecule has 0 fully saturated rings. The first kappa shape index (κ1) is 17.1. The first-order chi connectivity index (χ1) is 12.6. The molecule has 2 aliphatic rings. The zero-order valence-electron chi connectivity index (χ0n) is 13.8. The Balaban J connectivity index is 1.57. The first-order valence-electron chi connectivity index (χ1n) is 8.41. The summed E-state index contributed by atoms with van der Waals surface area (Å²) >= 11 is 7.44. The summed E-state index contributed by atoms with van der Waals surface area (Å²) in [7, 11) is 0. The van der Waals surface area contributed by atoms with Crippen LogP contribution < -0.4 is 5.32 Å². The van der Waals surface area contributed by atoms with Gasteiger partial charge in [-0.05, 0) is 55.0 Å². The van der Waals surface area contributed by atoms with Crippen molar-refractivity contribution in [2.24, 2.45) is 0 Å². The van der Waals surface area contributed by atoms with E-state index in [1.54, 1.807) is 18.2 Å². The largest absolute Gasteiger partial charge is 0.448 e. The minimum absolute atomic E-state index is 0.264. The van der Waals surface area contributed by atoms with Gasteiger partial charge in [-0.2, -0.15) is 5.26 Å². The number of rotatable bonds is 2. The number of aryl methyl sites for hydroxylation is 1. The molecular weight excluding hydrogens is 372 g/mol. The van der Waals surface area contributed by atoms with Crippen molar-refractivity contribution in [2.45, 2.75) is 38.2 Å². The molecule has 0 saturated carbocycles. The number of carbonyl (C=O) groups excluding carboxylic acids is 2. The number of cyclic esters (lactones) is 1. The summed E-state index contributed by atoms with van der Waals surface area (Å²) in [6.45, 7) is 0. The van der Waals surface area contributed by atoms with Crippen LogP contribution in [0.4, 0.5) is 5.00 Å². The predicted molar refractivity (Wildman–Crippen MR) is 98.7 cm³/mol. The second-order valence-electron chi connectivity index (χ2n) is 6.42. The lowest BCUT2D eigenvalue weighted by Crippen LogP contribution is -2.38. The van der Waals surface area contributed by atoms with Gasteiger partial charge in [-0.25, -0.2) is 4.79 Å². The molecule has 2 heterocycles. The molecule has 1 aliphatic carbocycles. The lowest BCUT2D eigenvalue weighted by atomic mass is 9.96. The Labute approximate surface area is 159 Å². The number of amides is 1. The number of thiophene rings is 1. The number of nitriles is 1. The summed E-state index contributed by atoms with van der Waals surface area (Å²) in [5.74, 6) is -0.951. The van der Waals surface area contributed by atoms with Crippen molar-refractivity contribution in [3.63, 3.8) is 0 Å². The molecule has 1 unspecified atom stereocenters. The van der Waals surface area contributed by atoms with Crippen molar-refractivity contribution in [2.75, 3.05) is 5.32 Å². The molecule has 1 N–H and O–H groups in total. The molecule has 1 amide bonds. The molecule has 7 heteroatoms. The van der Waals surface area contributed by atoms with Crippen LogP contribution in [0.2, 0.25) is 5.02 Å². The Hall–Kier alpha value is -2.36. The molecule has 5 nitrogen and oxygen atoms in total. The Morgan fingerprint density at radius 3 is 2.96 bits per heavy atom. The second-order valence-corrected chi connectivity index (χ2v) is 7.96. The van der Waals surface area contributed by atoms with Gasteiger partial charge in [-0.15, -0.1) is 11.3 Å². The van der Waals surface area contributed by atoms with Gasteiger partial charge >= 0.3 is 5.97 Å². The highest BCUT2D eigenvalue weighted by Gasteiger charge is 2.32. The first-order valence-corrected chi connectivity index (χ1v) is 9.61. The number of ether oxygens (including phenoxy) is 1. The van der Waals surface area contributed by atoms with E-state index in [-0.39, 0.29) is 6.42 Å². The predicted octanol–water partition coefficient (Wildman–Crippen LogP) is 3.87. The van der Waals surface area contributed by atoms with Crippen LogP contribution in [-0.2, 0) is 28.8 Å². The van der Waals surface area contributed by atoms with Crippen molar-refractivity contribution in [1.29, 1.82) is 5.26 Å². The zero-order valence-corrected chi connectivity index (χ0v) is 15.4. The van der Waals surface area contributed by atoms with E-state index in [0.29, 0.717) is 26.7 Å². The summed E-state index contributed by atoms with van der Waals surface area (Å²) < 4.78 is 5.29. The normalized spacial score (nSPS) is 18.3. The van der Waals surface area contributed by atoms with Crippen LogP contribution in [0.1, 0.15) is 44.8 Å². The van der Waals surface area contributed by atoms with E-state index < -0.39 is 18.0 Å². The van der Waals surface area contributed by atoms with Crippen LogP contribution >= 0.6 is 22.9 Å². The fourth-order valence-electron chi connectivity index (χ4n) is 3.48. The summed E-state index contributed by atoms with van der Waals surface area (Å²) in [6, 6.07) is 7.13. The number of nitrogens with zero attached hydrogens (tertiary/aromatic N) is 1. The molecule has 1 atom stereocenters. The molecule has 132 valence electrons. The summed E-state index contributed by atoms with van der Waals surface area (Å²) in [4.78, 5) is 26.0. The average Bonchev–Trinajstić information content (AvgIpc) is 2.98. The highest BCUT2D eigenvalue weighted by molar-refractivity contribution is 7.16. The average molecular weight is 387 g/mol. The summed E-state index contributed by atoms with van der Waals surface area (Å²) in [5.41, 5.74) is 2.73. The van der Waals surface area contributed by atoms with Crippen molar-refractivity contribution in [3.05, 3.63) is 50.4 Å². The monoisotopic (exact) mass is 386 g/mol. The number of carbonyl (C=O) groups is 2. The molecule has 1 aromatic carbocycles. The highest BCUT2D eigenvalue weighted by atomic mass is 35.5. The third-order valence-corrected chi connectivity index (χ3v) is 6.20. The number of hydrogen-bond acceptors (Lipinski definition) is 5. The number of esters is 1. The molecule has 2 aromatic rings. The number of nitrogens with one attached hydrogen (secondary N) is 1. The molecule has 1 aromatic heterocycles. The Morgan fingerprint density at radius 1 is 1.35 bits per heavy atom. The van der Waals surface area contributed by atoms with E-state index >= 15 is 0 Å². The molecule has 26 heavy (non-hydrogen) atoms. The van der Waals surface area contributed by atoms with Crippen molar-refractivity contribution in [3.8, 4) is 6.07 Å². The minimum Gasteiger partial charge on any atom is -0.448 e. The molecule has 0 saturated heterocycles. The minimum atomic E-state index is -0.931. The number of hydrogen-bond donors (Lipinski definition) is 1. The Morgan fingerprint density at radius 2 is 2.15 bits per heavy atom. The van der Waals surface area contributed by atoms with Gasteiger partial charge in [0.2, 0.25) is 0 Å². The van der Waals surface area contributed by atoms with E-state index in [9.17, 15) is 14.9 Å². The number of halogens is 1. The summed E-state index contributed by atoms with van der Waals surface area (Å²) in [6.07, 6.45) is 3.30. The van der Waals surface area contributed by atoms with Crippen LogP contribution in [0.25, 0.3) is 0 Å². The fraction of sp³-hybridized carbons (Fsp3) is 0.316. The van der Waals surface area contributed by atoms with Crippen LogP contribution in [0.15, 0.2) is 18.2 Å². The Kier molecular flexibility index (Phi) is 4.43. The van der Waals surface area contributed by atoms with Crippen LogP contribution in [0.3, 0.4) is 0 Å². The van der Waals surface area contributed by atoms with E-state index in [1.807, 2.05) is 0 Å². The molecule has 1 aliphatic heterocycles. The van der Waals surface area contributed by atoms with Crippen LogP contribution in [0.5, 0.6) is 0 Å². The van der Waals surface area contributed by atoms with Gasteiger partial charge in [-0.1, -0.05) is 11.6 Å². The molecular formula is C19H15ClN2O3S. The zero-order chi connectivity index (χ0) is 18.3. The lowest BCUT2D eigenvalue weighted by molar-refractivity contribution is -0.125.